The van der Waals surface area contributed by atoms with Crippen molar-refractivity contribution in [1.82, 2.24) is 31.9 Å². The number of carbonyl (C=O) groups excluding carboxylic acids is 6. The Hall–Kier alpha value is -3.87. The monoisotopic (exact) mass is 703 g/mol. The average Bonchev–Trinajstić information content (AvgIpc) is 3.82. The van der Waals surface area contributed by atoms with Crippen molar-refractivity contribution in [3.8, 4) is 0 Å². The number of unbranched alkanes of at least 4 members (excludes halogenated alkanes) is 1. The molecular formula is C35H61N9O6. The van der Waals surface area contributed by atoms with Crippen molar-refractivity contribution in [2.45, 2.75) is 144 Å². The molecule has 6 amide bonds. The van der Waals surface area contributed by atoms with Crippen molar-refractivity contribution in [2.24, 2.45) is 40.6 Å². The van der Waals surface area contributed by atoms with Gasteiger partial charge in [0, 0.05) is 23.4 Å². The lowest BCUT2D eigenvalue weighted by Gasteiger charge is -2.28. The molecule has 1 saturated heterocycles. The lowest BCUT2D eigenvalue weighted by molar-refractivity contribution is -0.135. The molecule has 6 N–H and O–H groups in total. The molecule has 9 atom stereocenters. The van der Waals surface area contributed by atoms with E-state index < -0.39 is 59.8 Å². The first kappa shape index (κ1) is 42.3. The van der Waals surface area contributed by atoms with Crippen molar-refractivity contribution in [3.05, 3.63) is 10.4 Å². The Balaban J connectivity index is 2.46. The lowest BCUT2D eigenvalue weighted by atomic mass is 9.98. The smallest absolute Gasteiger partial charge is 0.243 e. The summed E-state index contributed by atoms with van der Waals surface area (Å²) >= 11 is 0. The van der Waals surface area contributed by atoms with Crippen LogP contribution in [0.3, 0.4) is 0 Å². The van der Waals surface area contributed by atoms with Gasteiger partial charge in [0.1, 0.15) is 30.2 Å². The van der Waals surface area contributed by atoms with Crippen LogP contribution in [-0.2, 0) is 28.8 Å². The summed E-state index contributed by atoms with van der Waals surface area (Å²) < 4.78 is 0. The summed E-state index contributed by atoms with van der Waals surface area (Å²) in [6.45, 7) is 17.0. The molecule has 1 aliphatic carbocycles. The van der Waals surface area contributed by atoms with E-state index in [0.29, 0.717) is 32.1 Å². The van der Waals surface area contributed by atoms with Gasteiger partial charge in [-0.2, -0.15) is 0 Å². The number of azide groups is 1. The van der Waals surface area contributed by atoms with Crippen LogP contribution in [0.1, 0.15) is 107 Å². The fourth-order valence-corrected chi connectivity index (χ4v) is 6.49. The zero-order chi connectivity index (χ0) is 37.7. The second-order valence-electron chi connectivity index (χ2n) is 15.5. The van der Waals surface area contributed by atoms with Crippen LogP contribution >= 0.6 is 0 Å². The Morgan fingerprint density at radius 2 is 1.04 bits per heavy atom. The Bertz CT molecular complexity index is 1250. The molecule has 1 saturated carbocycles. The summed E-state index contributed by atoms with van der Waals surface area (Å²) in [4.78, 5) is 84.1. The second-order valence-corrected chi connectivity index (χ2v) is 15.5. The van der Waals surface area contributed by atoms with Gasteiger partial charge in [-0.05, 0) is 87.5 Å². The predicted molar refractivity (Wildman–Crippen MR) is 190 cm³/mol. The number of carbonyl (C=O) groups is 6. The van der Waals surface area contributed by atoms with Crippen LogP contribution in [0.4, 0.5) is 0 Å². The number of rotatable bonds is 11. The molecule has 2 aliphatic rings. The molecule has 15 nitrogen and oxygen atoms in total. The number of fused-ring (bicyclic) bond motifs is 1. The molecule has 0 aromatic carbocycles. The molecule has 0 unspecified atom stereocenters. The summed E-state index contributed by atoms with van der Waals surface area (Å²) in [6.07, 6.45) is 2.93. The van der Waals surface area contributed by atoms with Crippen LogP contribution in [0.5, 0.6) is 0 Å². The maximum absolute atomic E-state index is 13.7. The van der Waals surface area contributed by atoms with Crippen molar-refractivity contribution < 1.29 is 28.8 Å². The van der Waals surface area contributed by atoms with Crippen LogP contribution in [0.25, 0.3) is 10.4 Å². The molecule has 2 fully saturated rings. The van der Waals surface area contributed by atoms with Crippen molar-refractivity contribution in [3.63, 3.8) is 0 Å². The minimum absolute atomic E-state index is 0.00424. The highest BCUT2D eigenvalue weighted by molar-refractivity contribution is 5.96. The van der Waals surface area contributed by atoms with Gasteiger partial charge >= 0.3 is 0 Å². The zero-order valence-electron chi connectivity index (χ0n) is 31.4. The summed E-state index contributed by atoms with van der Waals surface area (Å²) in [6, 6.07) is -5.06. The van der Waals surface area contributed by atoms with E-state index >= 15 is 0 Å². The quantitative estimate of drug-likeness (QED) is 0.0821. The summed E-state index contributed by atoms with van der Waals surface area (Å²) in [5.41, 5.74) is 8.62. The summed E-state index contributed by atoms with van der Waals surface area (Å²) in [5.74, 6) is -3.17. The normalized spacial score (nSPS) is 30.5. The highest BCUT2D eigenvalue weighted by Crippen LogP contribution is 2.46. The molecular weight excluding hydrogens is 642 g/mol. The van der Waals surface area contributed by atoms with E-state index in [1.165, 1.54) is 6.92 Å². The molecule has 0 aromatic heterocycles. The first-order valence-electron chi connectivity index (χ1n) is 18.3. The van der Waals surface area contributed by atoms with E-state index in [1.807, 2.05) is 48.5 Å². The van der Waals surface area contributed by atoms with Crippen molar-refractivity contribution >= 4 is 35.4 Å². The zero-order valence-corrected chi connectivity index (χ0v) is 31.4. The van der Waals surface area contributed by atoms with Gasteiger partial charge in [-0.1, -0.05) is 60.0 Å². The first-order chi connectivity index (χ1) is 23.4. The van der Waals surface area contributed by atoms with E-state index in [-0.39, 0.29) is 66.8 Å². The molecule has 0 aromatic rings. The summed E-state index contributed by atoms with van der Waals surface area (Å²) in [5, 5.41) is 20.6. The van der Waals surface area contributed by atoms with Crippen molar-refractivity contribution in [1.29, 1.82) is 0 Å². The van der Waals surface area contributed by atoms with Gasteiger partial charge in [0.2, 0.25) is 35.4 Å². The third-order valence-electron chi connectivity index (χ3n) is 9.43. The van der Waals surface area contributed by atoms with E-state index in [9.17, 15) is 28.8 Å². The van der Waals surface area contributed by atoms with Crippen LogP contribution in [0, 0.1) is 35.5 Å². The van der Waals surface area contributed by atoms with Gasteiger partial charge < -0.3 is 31.9 Å². The van der Waals surface area contributed by atoms with E-state index in [4.69, 9.17) is 5.53 Å². The van der Waals surface area contributed by atoms with Crippen LogP contribution < -0.4 is 31.9 Å². The highest BCUT2D eigenvalue weighted by Gasteiger charge is 2.48. The number of hydrogen-bond acceptors (Lipinski definition) is 7. The lowest BCUT2D eigenvalue weighted by Crippen LogP contribution is -2.59. The number of hydrogen-bond donors (Lipinski definition) is 6. The SMILES string of the molecule is CC(C)C[C@@H]1NC(=O)[C@H](C)NC(=O)[C@H](CC(C)C)NC(=O)[C@H](CCCCN=[N+]=[N-])NC(=O)[C@@H](C)[C@@H]2C[C@@H]2[C@@H](C)NC(=O)[C@H](CC(C)C)NC1=O. The molecule has 2 rings (SSSR count). The van der Waals surface area contributed by atoms with E-state index in [1.54, 1.807) is 6.92 Å². The second kappa shape index (κ2) is 20.1. The van der Waals surface area contributed by atoms with E-state index in [0.717, 1.165) is 0 Å². The third-order valence-corrected chi connectivity index (χ3v) is 9.43. The maximum atomic E-state index is 13.7. The largest absolute Gasteiger partial charge is 0.352 e. The van der Waals surface area contributed by atoms with Gasteiger partial charge in [-0.3, -0.25) is 28.8 Å². The van der Waals surface area contributed by atoms with Crippen LogP contribution in [-0.4, -0.2) is 78.2 Å². The van der Waals surface area contributed by atoms with Gasteiger partial charge in [-0.15, -0.1) is 0 Å². The molecule has 15 heteroatoms. The number of nitrogens with zero attached hydrogens (tertiary/aromatic N) is 3. The minimum atomic E-state index is -1.05. The van der Waals surface area contributed by atoms with E-state index in [2.05, 4.69) is 41.9 Å². The van der Waals surface area contributed by atoms with Gasteiger partial charge in [0.15, 0.2) is 0 Å². The van der Waals surface area contributed by atoms with Gasteiger partial charge in [-0.25, -0.2) is 0 Å². The first-order valence-corrected chi connectivity index (χ1v) is 18.3. The third kappa shape index (κ3) is 13.8. The predicted octanol–water partition coefficient (Wildman–Crippen LogP) is 2.84. The Labute approximate surface area is 297 Å². The Morgan fingerprint density at radius 1 is 0.600 bits per heavy atom. The van der Waals surface area contributed by atoms with Gasteiger partial charge in [0.25, 0.3) is 0 Å². The fourth-order valence-electron chi connectivity index (χ4n) is 6.49. The minimum Gasteiger partial charge on any atom is -0.352 e. The molecule has 1 heterocycles. The molecule has 0 radical (unpaired) electrons. The molecule has 0 bridgehead atoms. The van der Waals surface area contributed by atoms with Crippen LogP contribution in [0.15, 0.2) is 5.11 Å². The van der Waals surface area contributed by atoms with Gasteiger partial charge in [0.05, 0.1) is 0 Å². The average molecular weight is 704 g/mol. The number of nitrogens with one attached hydrogen (secondary N) is 6. The Kier molecular flexibility index (Phi) is 17.0. The molecule has 1 aliphatic heterocycles. The standard InChI is InChI=1S/C35H61N9O6/c1-18(2)14-27-33(48)38-22(8)25-17-24(25)21(7)30(45)40-26(12-10-11-13-37-44-36)32(47)42-28(15-19(3)4)34(49)39-23(9)31(46)41-29(16-20(5)6)35(50)43-27/h18-29H,10-17H2,1-9H3,(H,38,48)(H,39,49)(H,40,45)(H,41,46)(H,42,47)(H,43,50)/t21-,22+,23-,24-,25+,26-,27-,28-,29-/m0/s1. The highest BCUT2D eigenvalue weighted by atomic mass is 16.2. The number of amides is 6. The van der Waals surface area contributed by atoms with Crippen LogP contribution in [0.2, 0.25) is 0 Å². The summed E-state index contributed by atoms with van der Waals surface area (Å²) in [7, 11) is 0. The fraction of sp³-hybridized carbons (Fsp3) is 0.829. The Morgan fingerprint density at radius 3 is 1.54 bits per heavy atom. The molecule has 50 heavy (non-hydrogen) atoms. The van der Waals surface area contributed by atoms with Crippen molar-refractivity contribution in [2.75, 3.05) is 6.54 Å². The molecule has 282 valence electrons. The molecule has 0 spiro atoms. The maximum Gasteiger partial charge on any atom is 0.243 e. The topological polar surface area (TPSA) is 223 Å².